The topological polar surface area (TPSA) is 38.3 Å². The second-order valence-corrected chi connectivity index (χ2v) is 5.24. The maximum atomic E-state index is 11.7. The molecule has 1 aromatic carbocycles. The molecule has 0 aliphatic heterocycles. The van der Waals surface area contributed by atoms with E-state index in [-0.39, 0.29) is 11.9 Å². The lowest BCUT2D eigenvalue weighted by atomic mass is 10.1. The number of benzene rings is 1. The number of alkyl halides is 1. The molecule has 1 aromatic rings. The van der Waals surface area contributed by atoms with Gasteiger partial charge in [0.25, 0.3) is 0 Å². The van der Waals surface area contributed by atoms with Gasteiger partial charge >= 0.3 is 0 Å². The van der Waals surface area contributed by atoms with Crippen LogP contribution in [0.2, 0.25) is 0 Å². The van der Waals surface area contributed by atoms with Crippen LogP contribution in [0, 0.1) is 0 Å². The number of carbonyl (C=O) groups excluding carboxylic acids is 1. The molecule has 0 radical (unpaired) electrons. The Balaban J connectivity index is 2.46. The van der Waals surface area contributed by atoms with Crippen molar-refractivity contribution in [2.24, 2.45) is 0 Å². The fraction of sp³-hybridized carbons (Fsp3) is 0.417. The van der Waals surface area contributed by atoms with Crippen LogP contribution < -0.4 is 5.32 Å². The summed E-state index contributed by atoms with van der Waals surface area (Å²) in [4.78, 5) is 11.7. The zero-order chi connectivity index (χ0) is 12.7. The van der Waals surface area contributed by atoms with Crippen LogP contribution in [0.4, 0.5) is 0 Å². The van der Waals surface area contributed by atoms with Crippen molar-refractivity contribution in [1.29, 1.82) is 0 Å². The lowest BCUT2D eigenvalue weighted by Gasteiger charge is -2.15. The summed E-state index contributed by atoms with van der Waals surface area (Å²) < 4.78 is 6.02. The molecule has 0 aliphatic carbocycles. The van der Waals surface area contributed by atoms with Crippen LogP contribution in [-0.2, 0) is 16.0 Å². The minimum Gasteiger partial charge on any atom is -0.383 e. The van der Waals surface area contributed by atoms with Gasteiger partial charge in [0.2, 0.25) is 5.91 Å². The highest BCUT2D eigenvalue weighted by atomic mass is 79.9. The van der Waals surface area contributed by atoms with E-state index in [1.807, 2.05) is 24.3 Å². The van der Waals surface area contributed by atoms with Gasteiger partial charge < -0.3 is 10.1 Å². The van der Waals surface area contributed by atoms with Gasteiger partial charge in [0.05, 0.1) is 19.1 Å². The summed E-state index contributed by atoms with van der Waals surface area (Å²) >= 11 is 6.70. The van der Waals surface area contributed by atoms with Crippen LogP contribution in [0.15, 0.2) is 28.7 Å². The van der Waals surface area contributed by atoms with Crippen LogP contribution in [-0.4, -0.2) is 31.0 Å². The Morgan fingerprint density at radius 3 is 2.59 bits per heavy atom. The first-order chi connectivity index (χ1) is 8.15. The SMILES string of the molecule is COCC(CBr)NC(=O)Cc1ccc(Br)cc1. The van der Waals surface area contributed by atoms with Crippen molar-refractivity contribution < 1.29 is 9.53 Å². The molecule has 1 N–H and O–H groups in total. The number of amides is 1. The predicted octanol–water partition coefficient (Wildman–Crippen LogP) is 2.52. The number of hydrogen-bond donors (Lipinski definition) is 1. The third-order valence-corrected chi connectivity index (χ3v) is 3.51. The number of hydrogen-bond acceptors (Lipinski definition) is 2. The molecule has 0 aromatic heterocycles. The molecule has 94 valence electrons. The van der Waals surface area contributed by atoms with Crippen LogP contribution in [0.3, 0.4) is 0 Å². The van der Waals surface area contributed by atoms with E-state index in [9.17, 15) is 4.79 Å². The zero-order valence-electron chi connectivity index (χ0n) is 9.58. The van der Waals surface area contributed by atoms with Gasteiger partial charge in [-0.05, 0) is 17.7 Å². The Hall–Kier alpha value is -0.390. The molecule has 0 fully saturated rings. The zero-order valence-corrected chi connectivity index (χ0v) is 12.8. The van der Waals surface area contributed by atoms with Gasteiger partial charge in [-0.2, -0.15) is 0 Å². The van der Waals surface area contributed by atoms with E-state index in [2.05, 4.69) is 37.2 Å². The Morgan fingerprint density at radius 2 is 2.06 bits per heavy atom. The van der Waals surface area contributed by atoms with E-state index >= 15 is 0 Å². The van der Waals surface area contributed by atoms with Crippen molar-refractivity contribution in [2.45, 2.75) is 12.5 Å². The van der Waals surface area contributed by atoms with Gasteiger partial charge in [-0.15, -0.1) is 0 Å². The number of carbonyl (C=O) groups is 1. The molecule has 1 atom stereocenters. The highest BCUT2D eigenvalue weighted by Crippen LogP contribution is 2.10. The van der Waals surface area contributed by atoms with Crippen molar-refractivity contribution in [3.63, 3.8) is 0 Å². The van der Waals surface area contributed by atoms with Gasteiger partial charge in [0.1, 0.15) is 0 Å². The smallest absolute Gasteiger partial charge is 0.224 e. The van der Waals surface area contributed by atoms with Crippen molar-refractivity contribution >= 4 is 37.8 Å². The summed E-state index contributed by atoms with van der Waals surface area (Å²) in [7, 11) is 1.62. The number of methoxy groups -OCH3 is 1. The number of rotatable bonds is 6. The molecule has 1 unspecified atom stereocenters. The first-order valence-corrected chi connectivity index (χ1v) is 7.16. The maximum Gasteiger partial charge on any atom is 0.224 e. The molecular formula is C12H15Br2NO2. The molecule has 0 spiro atoms. The average molecular weight is 365 g/mol. The van der Waals surface area contributed by atoms with Gasteiger partial charge in [-0.25, -0.2) is 0 Å². The van der Waals surface area contributed by atoms with Crippen molar-refractivity contribution in [3.05, 3.63) is 34.3 Å². The number of ether oxygens (including phenoxy) is 1. The molecule has 1 rings (SSSR count). The quantitative estimate of drug-likeness (QED) is 0.787. The molecule has 0 aliphatic rings. The fourth-order valence-electron chi connectivity index (χ4n) is 1.39. The van der Waals surface area contributed by atoms with Crippen molar-refractivity contribution in [2.75, 3.05) is 19.0 Å². The fourth-order valence-corrected chi connectivity index (χ4v) is 2.01. The summed E-state index contributed by atoms with van der Waals surface area (Å²) in [6, 6.07) is 7.74. The lowest BCUT2D eigenvalue weighted by molar-refractivity contribution is -0.121. The third kappa shape index (κ3) is 5.66. The molecule has 5 heteroatoms. The summed E-state index contributed by atoms with van der Waals surface area (Å²) in [5.74, 6) is 0.00817. The van der Waals surface area contributed by atoms with Crippen molar-refractivity contribution in [3.8, 4) is 0 Å². The van der Waals surface area contributed by atoms with Gasteiger partial charge in [0, 0.05) is 16.9 Å². The first-order valence-electron chi connectivity index (χ1n) is 5.24. The van der Waals surface area contributed by atoms with Crippen LogP contribution in [0.25, 0.3) is 0 Å². The highest BCUT2D eigenvalue weighted by molar-refractivity contribution is 9.10. The maximum absolute atomic E-state index is 11.7. The molecule has 0 saturated heterocycles. The van der Waals surface area contributed by atoms with Gasteiger partial charge in [0.15, 0.2) is 0 Å². The van der Waals surface area contributed by atoms with E-state index in [0.717, 1.165) is 10.0 Å². The molecule has 0 saturated carbocycles. The van der Waals surface area contributed by atoms with Gasteiger partial charge in [-0.3, -0.25) is 4.79 Å². The Bertz CT molecular complexity index is 354. The summed E-state index contributed by atoms with van der Waals surface area (Å²) in [6.07, 6.45) is 0.389. The number of halogens is 2. The largest absolute Gasteiger partial charge is 0.383 e. The van der Waals surface area contributed by atoms with Crippen molar-refractivity contribution in [1.82, 2.24) is 5.32 Å². The van der Waals surface area contributed by atoms with Crippen LogP contribution in [0.5, 0.6) is 0 Å². The molecule has 3 nitrogen and oxygen atoms in total. The van der Waals surface area contributed by atoms with E-state index in [4.69, 9.17) is 4.74 Å². The van der Waals surface area contributed by atoms with E-state index in [0.29, 0.717) is 18.4 Å². The van der Waals surface area contributed by atoms with E-state index < -0.39 is 0 Å². The Labute approximate surface area is 118 Å². The highest BCUT2D eigenvalue weighted by Gasteiger charge is 2.10. The second kappa shape index (κ2) is 7.84. The third-order valence-electron chi connectivity index (χ3n) is 2.20. The molecule has 17 heavy (non-hydrogen) atoms. The normalized spacial score (nSPS) is 12.2. The monoisotopic (exact) mass is 363 g/mol. The van der Waals surface area contributed by atoms with Crippen LogP contribution >= 0.6 is 31.9 Å². The second-order valence-electron chi connectivity index (χ2n) is 3.68. The first kappa shape index (κ1) is 14.7. The van der Waals surface area contributed by atoms with Gasteiger partial charge in [-0.1, -0.05) is 44.0 Å². The Kier molecular flexibility index (Phi) is 6.77. The summed E-state index contributed by atoms with van der Waals surface area (Å²) in [6.45, 7) is 0.511. The minimum atomic E-state index is 0.00817. The molecule has 0 bridgehead atoms. The van der Waals surface area contributed by atoms with Crippen LogP contribution in [0.1, 0.15) is 5.56 Å². The van der Waals surface area contributed by atoms with E-state index in [1.54, 1.807) is 7.11 Å². The summed E-state index contributed by atoms with van der Waals surface area (Å²) in [5.41, 5.74) is 0.997. The number of nitrogens with one attached hydrogen (secondary N) is 1. The Morgan fingerprint density at radius 1 is 1.41 bits per heavy atom. The minimum absolute atomic E-state index is 0.00817. The van der Waals surface area contributed by atoms with E-state index in [1.165, 1.54) is 0 Å². The predicted molar refractivity (Wildman–Crippen MR) is 75.4 cm³/mol. The summed E-state index contributed by atoms with van der Waals surface area (Å²) in [5, 5.41) is 3.60. The molecular weight excluding hydrogens is 350 g/mol. The molecule has 0 heterocycles. The lowest BCUT2D eigenvalue weighted by Crippen LogP contribution is -2.40. The average Bonchev–Trinajstić information content (AvgIpc) is 2.31. The standard InChI is InChI=1S/C12H15Br2NO2/c1-17-8-11(7-13)15-12(16)6-9-2-4-10(14)5-3-9/h2-5,11H,6-8H2,1H3,(H,15,16). The molecule has 1 amide bonds.